The Morgan fingerprint density at radius 1 is 1.32 bits per heavy atom. The van der Waals surface area contributed by atoms with Crippen molar-refractivity contribution in [2.75, 3.05) is 13.6 Å². The van der Waals surface area contributed by atoms with E-state index in [-0.39, 0.29) is 34.1 Å². The van der Waals surface area contributed by atoms with Gasteiger partial charge in [0, 0.05) is 36.3 Å². The molecule has 158 valence electrons. The molecule has 1 fully saturated rings. The fourth-order valence-corrected chi connectivity index (χ4v) is 3.57. The predicted molar refractivity (Wildman–Crippen MR) is 108 cm³/mol. The van der Waals surface area contributed by atoms with Gasteiger partial charge in [-0.05, 0) is 24.6 Å². The molecule has 0 saturated carbocycles. The van der Waals surface area contributed by atoms with E-state index in [9.17, 15) is 22.8 Å². The van der Waals surface area contributed by atoms with Gasteiger partial charge >= 0.3 is 6.18 Å². The molecule has 3 aromatic rings. The second-order valence-electron chi connectivity index (χ2n) is 7.29. The smallest absolute Gasteiger partial charge is 0.364 e. The number of pyridine rings is 1. The minimum absolute atomic E-state index is 0.0333. The Labute approximate surface area is 175 Å². The van der Waals surface area contributed by atoms with Crippen molar-refractivity contribution in [3.8, 4) is 23.1 Å². The highest BCUT2D eigenvalue weighted by atomic mass is 19.4. The first kappa shape index (κ1) is 20.5. The zero-order valence-electron chi connectivity index (χ0n) is 16.4. The van der Waals surface area contributed by atoms with Crippen molar-refractivity contribution in [3.63, 3.8) is 0 Å². The molecule has 3 heterocycles. The summed E-state index contributed by atoms with van der Waals surface area (Å²) in [4.78, 5) is 32.1. The Hall–Kier alpha value is -3.80. The molecule has 1 aliphatic rings. The number of nitrogens with zero attached hydrogens (tertiary/aromatic N) is 2. The van der Waals surface area contributed by atoms with Crippen molar-refractivity contribution in [2.45, 2.75) is 12.6 Å². The molecule has 1 saturated heterocycles. The van der Waals surface area contributed by atoms with Gasteiger partial charge in [0.25, 0.3) is 5.91 Å². The maximum atomic E-state index is 13.4. The number of primary amides is 1. The fourth-order valence-electron chi connectivity index (χ4n) is 3.57. The number of nitrogens with two attached hydrogens (primary N) is 1. The SMILES string of the molecule is CN1CC[C@@H](C#Cc2cccc(-c3cc4c(C(F)(F)F)c[nH]c4c(C(N)=O)n3)c2)C1=O. The van der Waals surface area contributed by atoms with Crippen LogP contribution in [0.3, 0.4) is 0 Å². The van der Waals surface area contributed by atoms with Crippen LogP contribution in [0.15, 0.2) is 36.5 Å². The van der Waals surface area contributed by atoms with Crippen LogP contribution in [-0.4, -0.2) is 40.3 Å². The van der Waals surface area contributed by atoms with Crippen LogP contribution >= 0.6 is 0 Å². The van der Waals surface area contributed by atoms with Crippen LogP contribution in [0.4, 0.5) is 13.2 Å². The molecular formula is C22H17F3N4O2. The van der Waals surface area contributed by atoms with Crippen molar-refractivity contribution in [1.29, 1.82) is 0 Å². The monoisotopic (exact) mass is 426 g/mol. The van der Waals surface area contributed by atoms with Crippen LogP contribution in [0.25, 0.3) is 22.2 Å². The van der Waals surface area contributed by atoms with Gasteiger partial charge in [-0.2, -0.15) is 13.2 Å². The number of amides is 2. The minimum atomic E-state index is -4.61. The van der Waals surface area contributed by atoms with Crippen molar-refractivity contribution >= 4 is 22.7 Å². The second-order valence-corrected chi connectivity index (χ2v) is 7.29. The van der Waals surface area contributed by atoms with Gasteiger partial charge < -0.3 is 15.6 Å². The third kappa shape index (κ3) is 3.84. The van der Waals surface area contributed by atoms with E-state index in [1.165, 1.54) is 6.07 Å². The maximum absolute atomic E-state index is 13.4. The normalized spacial score (nSPS) is 16.5. The van der Waals surface area contributed by atoms with Crippen molar-refractivity contribution in [1.82, 2.24) is 14.9 Å². The maximum Gasteiger partial charge on any atom is 0.418 e. The molecule has 4 rings (SSSR count). The minimum Gasteiger partial charge on any atom is -0.364 e. The number of hydrogen-bond donors (Lipinski definition) is 2. The summed E-state index contributed by atoms with van der Waals surface area (Å²) in [5, 5.41) is -0.192. The highest BCUT2D eigenvalue weighted by molar-refractivity contribution is 6.05. The lowest BCUT2D eigenvalue weighted by Crippen LogP contribution is -2.21. The van der Waals surface area contributed by atoms with Crippen molar-refractivity contribution in [3.05, 3.63) is 53.3 Å². The van der Waals surface area contributed by atoms with Gasteiger partial charge in [0.2, 0.25) is 5.91 Å². The first-order valence-electron chi connectivity index (χ1n) is 9.41. The molecule has 2 amide bonds. The molecule has 6 nitrogen and oxygen atoms in total. The Kier molecular flexibility index (Phi) is 4.93. The number of hydrogen-bond acceptors (Lipinski definition) is 3. The number of nitrogens with one attached hydrogen (secondary N) is 1. The summed E-state index contributed by atoms with van der Waals surface area (Å²) >= 11 is 0. The molecule has 0 spiro atoms. The Balaban J connectivity index is 1.78. The van der Waals surface area contributed by atoms with E-state index in [2.05, 4.69) is 21.8 Å². The molecule has 0 bridgehead atoms. The number of carbonyl (C=O) groups is 2. The van der Waals surface area contributed by atoms with Crippen molar-refractivity contribution in [2.24, 2.45) is 11.7 Å². The predicted octanol–water partition coefficient (Wildman–Crippen LogP) is 3.18. The number of fused-ring (bicyclic) bond motifs is 1. The molecule has 0 unspecified atom stereocenters. The zero-order valence-corrected chi connectivity index (χ0v) is 16.4. The summed E-state index contributed by atoms with van der Waals surface area (Å²) in [5.41, 5.74) is 5.31. The van der Waals surface area contributed by atoms with Gasteiger partial charge in [0.1, 0.15) is 5.92 Å². The topological polar surface area (TPSA) is 92.1 Å². The second kappa shape index (κ2) is 7.47. The van der Waals surface area contributed by atoms with Gasteiger partial charge in [-0.3, -0.25) is 9.59 Å². The van der Waals surface area contributed by atoms with Crippen LogP contribution < -0.4 is 5.73 Å². The quantitative estimate of drug-likeness (QED) is 0.617. The van der Waals surface area contributed by atoms with Gasteiger partial charge in [-0.15, -0.1) is 0 Å². The summed E-state index contributed by atoms with van der Waals surface area (Å²) < 4.78 is 40.2. The lowest BCUT2D eigenvalue weighted by Gasteiger charge is -2.08. The van der Waals surface area contributed by atoms with Crippen LogP contribution in [0.5, 0.6) is 0 Å². The number of likely N-dealkylation sites (tertiary alicyclic amines) is 1. The number of alkyl halides is 3. The molecule has 0 radical (unpaired) electrons. The Morgan fingerprint density at radius 3 is 2.74 bits per heavy atom. The highest BCUT2D eigenvalue weighted by Gasteiger charge is 2.34. The Morgan fingerprint density at radius 2 is 2.10 bits per heavy atom. The van der Waals surface area contributed by atoms with Crippen LogP contribution in [0, 0.1) is 17.8 Å². The molecule has 0 aliphatic carbocycles. The summed E-state index contributed by atoms with van der Waals surface area (Å²) in [6.45, 7) is 0.649. The average molecular weight is 426 g/mol. The lowest BCUT2D eigenvalue weighted by molar-refractivity contribution is -0.136. The van der Waals surface area contributed by atoms with E-state index >= 15 is 0 Å². The molecule has 1 atom stereocenters. The Bertz CT molecular complexity index is 1270. The molecule has 3 N–H and O–H groups in total. The number of halogens is 3. The third-order valence-corrected chi connectivity index (χ3v) is 5.19. The van der Waals surface area contributed by atoms with E-state index < -0.39 is 17.6 Å². The average Bonchev–Trinajstić information content (AvgIpc) is 3.29. The fraction of sp³-hybridized carbons (Fsp3) is 0.227. The number of carbonyl (C=O) groups excluding carboxylic acids is 2. The largest absolute Gasteiger partial charge is 0.418 e. The van der Waals surface area contributed by atoms with E-state index in [1.807, 2.05) is 0 Å². The third-order valence-electron chi connectivity index (χ3n) is 5.19. The van der Waals surface area contributed by atoms with E-state index in [4.69, 9.17) is 5.73 Å². The summed E-state index contributed by atoms with van der Waals surface area (Å²) in [7, 11) is 1.72. The van der Waals surface area contributed by atoms with Crippen LogP contribution in [0.2, 0.25) is 0 Å². The molecule has 1 aromatic carbocycles. The zero-order chi connectivity index (χ0) is 22.3. The van der Waals surface area contributed by atoms with Crippen LogP contribution in [0.1, 0.15) is 28.0 Å². The lowest BCUT2D eigenvalue weighted by atomic mass is 10.0. The molecule has 31 heavy (non-hydrogen) atoms. The van der Waals surface area contributed by atoms with E-state index in [0.29, 0.717) is 24.1 Å². The highest BCUT2D eigenvalue weighted by Crippen LogP contribution is 2.37. The summed E-state index contributed by atoms with van der Waals surface area (Å²) in [5.74, 6) is 4.55. The number of aromatic amines is 1. The summed E-state index contributed by atoms with van der Waals surface area (Å²) in [6.07, 6.45) is -3.17. The molecule has 2 aromatic heterocycles. The van der Waals surface area contributed by atoms with Gasteiger partial charge in [0.15, 0.2) is 5.69 Å². The first-order valence-corrected chi connectivity index (χ1v) is 9.41. The number of H-pyrrole nitrogens is 1. The standard InChI is InChI=1S/C22H17F3N4O2/c1-29-8-7-13(21(29)31)6-5-12-3-2-4-14(9-12)17-10-15-16(22(23,24)25)11-27-18(15)19(28-17)20(26)30/h2-4,9-11,13,27H,7-8H2,1H3,(H2,26,30)/t13-/m1/s1. The van der Waals surface area contributed by atoms with Crippen LogP contribution in [-0.2, 0) is 11.0 Å². The van der Waals surface area contributed by atoms with Crippen molar-refractivity contribution < 1.29 is 22.8 Å². The van der Waals surface area contributed by atoms with Gasteiger partial charge in [0.05, 0.1) is 16.8 Å². The van der Waals surface area contributed by atoms with E-state index in [0.717, 1.165) is 6.20 Å². The number of benzene rings is 1. The molecule has 1 aliphatic heterocycles. The summed E-state index contributed by atoms with van der Waals surface area (Å²) in [6, 6.07) is 7.97. The molecule has 9 heteroatoms. The first-order chi connectivity index (χ1) is 14.6. The van der Waals surface area contributed by atoms with Gasteiger partial charge in [-0.25, -0.2) is 4.98 Å². The number of aromatic nitrogens is 2. The number of rotatable bonds is 2. The molecular weight excluding hydrogens is 409 g/mol. The van der Waals surface area contributed by atoms with Gasteiger partial charge in [-0.1, -0.05) is 24.0 Å². The van der Waals surface area contributed by atoms with E-state index in [1.54, 1.807) is 36.2 Å².